The number of amides is 1. The Morgan fingerprint density at radius 1 is 1.43 bits per heavy atom. The van der Waals surface area contributed by atoms with Crippen molar-refractivity contribution < 1.29 is 9.90 Å². The molecule has 0 aliphatic carbocycles. The average Bonchev–Trinajstić information content (AvgIpc) is 3.13. The maximum absolute atomic E-state index is 12.4. The van der Waals surface area contributed by atoms with Crippen molar-refractivity contribution in [1.29, 1.82) is 0 Å². The van der Waals surface area contributed by atoms with Gasteiger partial charge in [-0.15, -0.1) is 0 Å². The number of β-amino-alcohol motifs (C(OH)–C–C–N with tert-alkyl or cyclic N) is 1. The molecule has 0 bridgehead atoms. The van der Waals surface area contributed by atoms with Gasteiger partial charge >= 0.3 is 0 Å². The summed E-state index contributed by atoms with van der Waals surface area (Å²) >= 11 is 0. The van der Waals surface area contributed by atoms with E-state index in [-0.39, 0.29) is 12.5 Å². The summed E-state index contributed by atoms with van der Waals surface area (Å²) in [5.74, 6) is 0.584. The lowest BCUT2D eigenvalue weighted by Crippen LogP contribution is -2.46. The molecule has 1 aliphatic rings. The summed E-state index contributed by atoms with van der Waals surface area (Å²) in [6, 6.07) is 1.67. The number of aromatic nitrogens is 4. The number of hydrogen-bond donors (Lipinski definition) is 1. The second-order valence-electron chi connectivity index (χ2n) is 5.96. The van der Waals surface area contributed by atoms with E-state index in [9.17, 15) is 9.90 Å². The maximum atomic E-state index is 12.4. The molecule has 3 rings (SSSR count). The predicted octanol–water partition coefficient (Wildman–Crippen LogP) is -0.0765. The monoisotopic (exact) mass is 316 g/mol. The molecule has 1 atom stereocenters. The van der Waals surface area contributed by atoms with Crippen molar-refractivity contribution in [1.82, 2.24) is 24.6 Å². The van der Waals surface area contributed by atoms with Gasteiger partial charge in [0, 0.05) is 45.8 Å². The Hall–Kier alpha value is -2.48. The number of rotatable bonds is 4. The number of carbonyl (C=O) groups excluding carboxylic acids is 1. The first kappa shape index (κ1) is 15.4. The number of anilines is 1. The lowest BCUT2D eigenvalue weighted by atomic mass is 10.0. The molecule has 0 aromatic carbocycles. The van der Waals surface area contributed by atoms with Crippen LogP contribution in [-0.2, 0) is 7.05 Å². The van der Waals surface area contributed by atoms with Crippen LogP contribution in [0.15, 0.2) is 30.9 Å². The lowest BCUT2D eigenvalue weighted by molar-refractivity contribution is 0.0259. The van der Waals surface area contributed by atoms with Crippen molar-refractivity contribution in [3.63, 3.8) is 0 Å². The van der Waals surface area contributed by atoms with Crippen LogP contribution in [0.3, 0.4) is 0 Å². The van der Waals surface area contributed by atoms with Crippen molar-refractivity contribution in [2.75, 3.05) is 31.6 Å². The van der Waals surface area contributed by atoms with Gasteiger partial charge in [0.25, 0.3) is 5.91 Å². The maximum Gasteiger partial charge on any atom is 0.271 e. The third kappa shape index (κ3) is 3.16. The smallest absolute Gasteiger partial charge is 0.271 e. The normalized spacial score (nSPS) is 20.7. The van der Waals surface area contributed by atoms with E-state index in [1.165, 1.54) is 9.58 Å². The first-order valence-corrected chi connectivity index (χ1v) is 7.45. The molecule has 0 spiro atoms. The number of aliphatic hydroxyl groups is 1. The van der Waals surface area contributed by atoms with Gasteiger partial charge in [-0.05, 0) is 12.5 Å². The van der Waals surface area contributed by atoms with E-state index in [1.54, 1.807) is 44.9 Å². The summed E-state index contributed by atoms with van der Waals surface area (Å²) in [6.45, 7) is 1.37. The fourth-order valence-corrected chi connectivity index (χ4v) is 2.93. The van der Waals surface area contributed by atoms with E-state index in [4.69, 9.17) is 0 Å². The van der Waals surface area contributed by atoms with Crippen LogP contribution in [0.1, 0.15) is 16.9 Å². The number of nitrogens with zero attached hydrogens (tertiary/aromatic N) is 6. The average molecular weight is 316 g/mol. The highest BCUT2D eigenvalue weighted by Gasteiger charge is 2.38. The molecule has 8 heteroatoms. The minimum absolute atomic E-state index is 0.156. The summed E-state index contributed by atoms with van der Waals surface area (Å²) in [5, 5.41) is 14.8. The quantitative estimate of drug-likeness (QED) is 0.849. The van der Waals surface area contributed by atoms with Gasteiger partial charge in [-0.3, -0.25) is 14.5 Å². The van der Waals surface area contributed by atoms with Gasteiger partial charge in [0.1, 0.15) is 17.1 Å². The molecule has 0 saturated carbocycles. The van der Waals surface area contributed by atoms with Crippen LogP contribution >= 0.6 is 0 Å². The SMILES string of the molecule is CN(C[C@@]1(O)CCN(c2cnccn2)C1)C(=O)c1ccnn1C. The highest BCUT2D eigenvalue weighted by molar-refractivity contribution is 5.92. The van der Waals surface area contributed by atoms with Crippen molar-refractivity contribution in [3.05, 3.63) is 36.5 Å². The highest BCUT2D eigenvalue weighted by atomic mass is 16.3. The van der Waals surface area contributed by atoms with Crippen molar-refractivity contribution in [3.8, 4) is 0 Å². The van der Waals surface area contributed by atoms with Gasteiger partial charge in [-0.1, -0.05) is 0 Å². The standard InChI is InChI=1S/C15H20N6O2/c1-19(14(22)12-3-5-18-20(12)2)10-15(23)4-8-21(11-15)13-9-16-6-7-17-13/h3,5-7,9,23H,4,8,10-11H2,1-2H3/t15-/m0/s1. The molecule has 23 heavy (non-hydrogen) atoms. The van der Waals surface area contributed by atoms with Gasteiger partial charge in [-0.2, -0.15) is 5.10 Å². The van der Waals surface area contributed by atoms with Crippen molar-refractivity contribution >= 4 is 11.7 Å². The topological polar surface area (TPSA) is 87.4 Å². The van der Waals surface area contributed by atoms with Gasteiger partial charge in [0.05, 0.1) is 12.7 Å². The van der Waals surface area contributed by atoms with E-state index in [2.05, 4.69) is 15.1 Å². The third-order valence-corrected chi connectivity index (χ3v) is 4.12. The van der Waals surface area contributed by atoms with Crippen LogP contribution in [-0.4, -0.2) is 67.9 Å². The van der Waals surface area contributed by atoms with Crippen LogP contribution in [0.2, 0.25) is 0 Å². The lowest BCUT2D eigenvalue weighted by Gasteiger charge is -2.29. The number of likely N-dealkylation sites (N-methyl/N-ethyl adjacent to an activating group) is 1. The van der Waals surface area contributed by atoms with Crippen molar-refractivity contribution in [2.24, 2.45) is 7.05 Å². The Bertz CT molecular complexity index is 688. The van der Waals surface area contributed by atoms with Gasteiger partial charge < -0.3 is 14.9 Å². The second-order valence-corrected chi connectivity index (χ2v) is 5.96. The van der Waals surface area contributed by atoms with Gasteiger partial charge in [0.2, 0.25) is 0 Å². The van der Waals surface area contributed by atoms with Crippen LogP contribution in [0.4, 0.5) is 5.82 Å². The number of aryl methyl sites for hydroxylation is 1. The zero-order valence-electron chi connectivity index (χ0n) is 13.3. The molecule has 1 fully saturated rings. The zero-order valence-corrected chi connectivity index (χ0v) is 13.3. The Kier molecular flexibility index (Phi) is 3.99. The summed E-state index contributed by atoms with van der Waals surface area (Å²) in [6.07, 6.45) is 7.08. The Labute approximate surface area is 134 Å². The molecule has 8 nitrogen and oxygen atoms in total. The van der Waals surface area contributed by atoms with Crippen LogP contribution in [0, 0.1) is 0 Å². The molecule has 3 heterocycles. The van der Waals surface area contributed by atoms with E-state index < -0.39 is 5.60 Å². The molecular weight excluding hydrogens is 296 g/mol. The highest BCUT2D eigenvalue weighted by Crippen LogP contribution is 2.26. The van der Waals surface area contributed by atoms with Gasteiger partial charge in [-0.25, -0.2) is 4.98 Å². The molecule has 1 saturated heterocycles. The van der Waals surface area contributed by atoms with E-state index >= 15 is 0 Å². The molecule has 1 N–H and O–H groups in total. The van der Waals surface area contributed by atoms with Crippen LogP contribution < -0.4 is 4.90 Å². The number of carbonyl (C=O) groups is 1. The molecule has 0 radical (unpaired) electrons. The van der Waals surface area contributed by atoms with Crippen molar-refractivity contribution in [2.45, 2.75) is 12.0 Å². The molecule has 2 aromatic rings. The van der Waals surface area contributed by atoms with E-state index in [1.807, 2.05) is 4.90 Å². The minimum atomic E-state index is -0.958. The zero-order chi connectivity index (χ0) is 16.4. The largest absolute Gasteiger partial charge is 0.386 e. The first-order valence-electron chi connectivity index (χ1n) is 7.45. The fourth-order valence-electron chi connectivity index (χ4n) is 2.93. The van der Waals surface area contributed by atoms with Gasteiger partial charge in [0.15, 0.2) is 0 Å². The minimum Gasteiger partial charge on any atom is -0.386 e. The molecular formula is C15H20N6O2. The van der Waals surface area contributed by atoms with E-state index in [0.717, 1.165) is 5.82 Å². The Morgan fingerprint density at radius 3 is 2.91 bits per heavy atom. The molecule has 1 aliphatic heterocycles. The second kappa shape index (κ2) is 5.96. The fraction of sp³-hybridized carbons (Fsp3) is 0.467. The number of hydrogen-bond acceptors (Lipinski definition) is 6. The summed E-state index contributed by atoms with van der Waals surface area (Å²) in [4.78, 5) is 24.2. The van der Waals surface area contributed by atoms with Crippen LogP contribution in [0.25, 0.3) is 0 Å². The summed E-state index contributed by atoms with van der Waals surface area (Å²) < 4.78 is 1.53. The summed E-state index contributed by atoms with van der Waals surface area (Å²) in [7, 11) is 3.42. The molecule has 122 valence electrons. The molecule has 0 unspecified atom stereocenters. The predicted molar refractivity (Wildman–Crippen MR) is 84.0 cm³/mol. The molecule has 1 amide bonds. The molecule has 2 aromatic heterocycles. The Balaban J connectivity index is 1.66. The first-order chi connectivity index (χ1) is 11.0. The van der Waals surface area contributed by atoms with Crippen LogP contribution in [0.5, 0.6) is 0 Å². The van der Waals surface area contributed by atoms with E-state index in [0.29, 0.717) is 25.2 Å². The summed E-state index contributed by atoms with van der Waals surface area (Å²) in [5.41, 5.74) is -0.458. The Morgan fingerprint density at radius 2 is 2.26 bits per heavy atom. The third-order valence-electron chi connectivity index (χ3n) is 4.12.